The number of rotatable bonds is 10. The van der Waals surface area contributed by atoms with Crippen molar-refractivity contribution in [3.8, 4) is 23.0 Å². The number of hydrogen-bond donors (Lipinski definition) is 1. The van der Waals surface area contributed by atoms with Crippen LogP contribution in [-0.2, 0) is 19.6 Å². The number of ether oxygens (including phenoxy) is 4. The molecule has 0 unspecified atom stereocenters. The van der Waals surface area contributed by atoms with Gasteiger partial charge in [0.25, 0.3) is 0 Å². The summed E-state index contributed by atoms with van der Waals surface area (Å²) in [7, 11) is 3.31. The molecule has 0 aliphatic carbocycles. The molecule has 152 valence electrons. The Morgan fingerprint density at radius 2 is 1.24 bits per heavy atom. The van der Waals surface area contributed by atoms with Crippen molar-refractivity contribution < 1.29 is 18.9 Å². The van der Waals surface area contributed by atoms with Gasteiger partial charge >= 0.3 is 0 Å². The molecule has 2 N–H and O–H groups in total. The molecule has 0 aliphatic heterocycles. The summed E-state index contributed by atoms with van der Waals surface area (Å²) in [6.07, 6.45) is 0.783. The molecule has 0 heterocycles. The SMILES string of the molecule is COc1cccc(COc2ccc(CCN)cc2OCc2cccc(OC)c2)c1. The van der Waals surface area contributed by atoms with E-state index in [1.54, 1.807) is 14.2 Å². The monoisotopic (exact) mass is 393 g/mol. The van der Waals surface area contributed by atoms with Crippen molar-refractivity contribution in [3.63, 3.8) is 0 Å². The molecule has 3 aromatic rings. The van der Waals surface area contributed by atoms with Crippen LogP contribution in [-0.4, -0.2) is 20.8 Å². The average Bonchev–Trinajstić information content (AvgIpc) is 2.77. The molecular weight excluding hydrogens is 366 g/mol. The van der Waals surface area contributed by atoms with Gasteiger partial charge in [0.05, 0.1) is 14.2 Å². The zero-order valence-corrected chi connectivity index (χ0v) is 16.9. The van der Waals surface area contributed by atoms with Crippen LogP contribution >= 0.6 is 0 Å². The van der Waals surface area contributed by atoms with E-state index in [-0.39, 0.29) is 0 Å². The fourth-order valence-electron chi connectivity index (χ4n) is 2.95. The van der Waals surface area contributed by atoms with Crippen molar-refractivity contribution in [2.24, 2.45) is 5.73 Å². The van der Waals surface area contributed by atoms with Crippen molar-refractivity contribution in [2.45, 2.75) is 19.6 Å². The van der Waals surface area contributed by atoms with E-state index < -0.39 is 0 Å². The van der Waals surface area contributed by atoms with Crippen molar-refractivity contribution in [2.75, 3.05) is 20.8 Å². The Balaban J connectivity index is 1.74. The molecular formula is C24H27NO4. The maximum absolute atomic E-state index is 6.10. The number of hydrogen-bond acceptors (Lipinski definition) is 5. The van der Waals surface area contributed by atoms with Gasteiger partial charge in [-0.15, -0.1) is 0 Å². The Morgan fingerprint density at radius 1 is 0.655 bits per heavy atom. The van der Waals surface area contributed by atoms with E-state index in [4.69, 9.17) is 24.7 Å². The van der Waals surface area contributed by atoms with E-state index in [2.05, 4.69) is 0 Å². The van der Waals surface area contributed by atoms with E-state index in [1.807, 2.05) is 66.7 Å². The highest BCUT2D eigenvalue weighted by Gasteiger charge is 2.09. The van der Waals surface area contributed by atoms with E-state index in [0.717, 1.165) is 34.6 Å². The quantitative estimate of drug-likeness (QED) is 0.554. The lowest BCUT2D eigenvalue weighted by atomic mass is 10.1. The van der Waals surface area contributed by atoms with Crippen LogP contribution in [0.15, 0.2) is 66.7 Å². The van der Waals surface area contributed by atoms with Crippen molar-refractivity contribution in [1.29, 1.82) is 0 Å². The Kier molecular flexibility index (Phi) is 7.36. The van der Waals surface area contributed by atoms with Crippen LogP contribution in [0.25, 0.3) is 0 Å². The summed E-state index contributed by atoms with van der Waals surface area (Å²) >= 11 is 0. The third kappa shape index (κ3) is 5.90. The predicted molar refractivity (Wildman–Crippen MR) is 114 cm³/mol. The molecule has 3 rings (SSSR count). The Labute approximate surface area is 172 Å². The van der Waals surface area contributed by atoms with Gasteiger partial charge in [0.15, 0.2) is 11.5 Å². The highest BCUT2D eigenvalue weighted by Crippen LogP contribution is 2.31. The normalized spacial score (nSPS) is 10.4. The summed E-state index contributed by atoms with van der Waals surface area (Å²) in [6, 6.07) is 21.6. The van der Waals surface area contributed by atoms with E-state index in [0.29, 0.717) is 31.3 Å². The number of nitrogens with two attached hydrogens (primary N) is 1. The van der Waals surface area contributed by atoms with Gasteiger partial charge < -0.3 is 24.7 Å². The van der Waals surface area contributed by atoms with Crippen molar-refractivity contribution in [1.82, 2.24) is 0 Å². The van der Waals surface area contributed by atoms with Gasteiger partial charge in [0, 0.05) is 0 Å². The lowest BCUT2D eigenvalue weighted by Crippen LogP contribution is -2.05. The molecule has 29 heavy (non-hydrogen) atoms. The first kappa shape index (κ1) is 20.6. The van der Waals surface area contributed by atoms with Gasteiger partial charge in [0.2, 0.25) is 0 Å². The predicted octanol–water partition coefficient (Wildman–Crippen LogP) is 4.36. The minimum Gasteiger partial charge on any atom is -0.497 e. The van der Waals surface area contributed by atoms with E-state index in [9.17, 15) is 0 Å². The maximum atomic E-state index is 6.10. The number of methoxy groups -OCH3 is 2. The zero-order valence-electron chi connectivity index (χ0n) is 16.9. The van der Waals surface area contributed by atoms with Gasteiger partial charge in [-0.25, -0.2) is 0 Å². The van der Waals surface area contributed by atoms with Crippen LogP contribution in [0.2, 0.25) is 0 Å². The lowest BCUT2D eigenvalue weighted by Gasteiger charge is -2.15. The standard InChI is InChI=1S/C24H27NO4/c1-26-21-7-3-5-19(13-21)16-28-23-10-9-18(11-12-25)15-24(23)29-17-20-6-4-8-22(14-20)27-2/h3-10,13-15H,11-12,16-17,25H2,1-2H3. The Bertz CT molecular complexity index is 926. The molecule has 0 aromatic heterocycles. The molecule has 0 bridgehead atoms. The summed E-state index contributed by atoms with van der Waals surface area (Å²) in [5.74, 6) is 2.99. The van der Waals surface area contributed by atoms with Crippen LogP contribution in [0, 0.1) is 0 Å². The van der Waals surface area contributed by atoms with Crippen LogP contribution < -0.4 is 24.7 Å². The average molecular weight is 393 g/mol. The molecule has 0 amide bonds. The molecule has 0 aliphatic rings. The minimum atomic E-state index is 0.415. The molecule has 0 saturated carbocycles. The summed E-state index contributed by atoms with van der Waals surface area (Å²) in [6.45, 7) is 1.42. The van der Waals surface area contributed by atoms with Gasteiger partial charge in [-0.1, -0.05) is 30.3 Å². The summed E-state index contributed by atoms with van der Waals surface area (Å²) in [4.78, 5) is 0. The lowest BCUT2D eigenvalue weighted by molar-refractivity contribution is 0.255. The topological polar surface area (TPSA) is 62.9 Å². The third-order valence-electron chi connectivity index (χ3n) is 4.50. The van der Waals surface area contributed by atoms with Crippen LogP contribution in [0.4, 0.5) is 0 Å². The third-order valence-corrected chi connectivity index (χ3v) is 4.50. The molecule has 0 radical (unpaired) electrons. The summed E-state index contributed by atoms with van der Waals surface area (Å²) < 4.78 is 22.7. The first-order valence-electron chi connectivity index (χ1n) is 9.56. The van der Waals surface area contributed by atoms with Crippen LogP contribution in [0.1, 0.15) is 16.7 Å². The molecule has 0 saturated heterocycles. The molecule has 5 heteroatoms. The number of benzene rings is 3. The van der Waals surface area contributed by atoms with Gasteiger partial charge in [-0.05, 0) is 66.1 Å². The molecule has 5 nitrogen and oxygen atoms in total. The molecule has 0 spiro atoms. The van der Waals surface area contributed by atoms with E-state index >= 15 is 0 Å². The fourth-order valence-corrected chi connectivity index (χ4v) is 2.95. The highest BCUT2D eigenvalue weighted by atomic mass is 16.5. The van der Waals surface area contributed by atoms with Crippen molar-refractivity contribution in [3.05, 3.63) is 83.4 Å². The zero-order chi connectivity index (χ0) is 20.5. The first-order valence-corrected chi connectivity index (χ1v) is 9.56. The van der Waals surface area contributed by atoms with Gasteiger partial charge in [-0.3, -0.25) is 0 Å². The van der Waals surface area contributed by atoms with Crippen molar-refractivity contribution >= 4 is 0 Å². The summed E-state index contributed by atoms with van der Waals surface area (Å²) in [5, 5.41) is 0. The smallest absolute Gasteiger partial charge is 0.161 e. The Hall–Kier alpha value is -3.18. The molecule has 0 fully saturated rings. The maximum Gasteiger partial charge on any atom is 0.161 e. The molecule has 3 aromatic carbocycles. The van der Waals surface area contributed by atoms with Crippen LogP contribution in [0.5, 0.6) is 23.0 Å². The minimum absolute atomic E-state index is 0.415. The second-order valence-corrected chi connectivity index (χ2v) is 6.60. The second kappa shape index (κ2) is 10.4. The van der Waals surface area contributed by atoms with Gasteiger partial charge in [-0.2, -0.15) is 0 Å². The second-order valence-electron chi connectivity index (χ2n) is 6.60. The largest absolute Gasteiger partial charge is 0.497 e. The Morgan fingerprint density at radius 3 is 1.79 bits per heavy atom. The molecule has 0 atom stereocenters. The van der Waals surface area contributed by atoms with Crippen LogP contribution in [0.3, 0.4) is 0 Å². The van der Waals surface area contributed by atoms with E-state index in [1.165, 1.54) is 0 Å². The highest BCUT2D eigenvalue weighted by molar-refractivity contribution is 5.43. The van der Waals surface area contributed by atoms with Gasteiger partial charge in [0.1, 0.15) is 24.7 Å². The fraction of sp³-hybridized carbons (Fsp3) is 0.250. The first-order chi connectivity index (χ1) is 14.2. The summed E-state index contributed by atoms with van der Waals surface area (Å²) in [5.41, 5.74) is 8.87.